The second kappa shape index (κ2) is 8.19. The Kier molecular flexibility index (Phi) is 5.22. The monoisotopic (exact) mass is 451 g/mol. The van der Waals surface area contributed by atoms with Crippen molar-refractivity contribution in [3.05, 3.63) is 86.9 Å². The van der Waals surface area contributed by atoms with Crippen molar-refractivity contribution in [1.29, 1.82) is 0 Å². The molecule has 2 aromatic carbocycles. The van der Waals surface area contributed by atoms with E-state index in [9.17, 15) is 19.3 Å². The average molecular weight is 451 g/mol. The van der Waals surface area contributed by atoms with Crippen LogP contribution in [0.25, 0.3) is 0 Å². The average Bonchev–Trinajstić information content (AvgIpc) is 3.20. The number of nitrogens with zero attached hydrogens (tertiary/aromatic N) is 4. The van der Waals surface area contributed by atoms with E-state index in [1.807, 2.05) is 0 Å². The van der Waals surface area contributed by atoms with E-state index in [4.69, 9.17) is 0 Å². The third-order valence-corrected chi connectivity index (χ3v) is 6.47. The van der Waals surface area contributed by atoms with Crippen LogP contribution >= 0.6 is 11.8 Å². The van der Waals surface area contributed by atoms with Crippen LogP contribution < -0.4 is 5.32 Å². The Balaban J connectivity index is 1.46. The van der Waals surface area contributed by atoms with Crippen LogP contribution in [0.2, 0.25) is 0 Å². The molecule has 1 aliphatic carbocycles. The fraction of sp³-hybridized carbons (Fsp3) is 0.227. The number of hydrogen-bond donors (Lipinski definition) is 1. The SMILES string of the molecule is O=C1CCCC2=C1[C@H](c1ccccc1F)n1nc(SCc3ccc([N+](=O)[O-])cc3)nc1N2. The van der Waals surface area contributed by atoms with E-state index in [0.29, 0.717) is 40.8 Å². The lowest BCUT2D eigenvalue weighted by molar-refractivity contribution is -0.384. The molecule has 1 aromatic heterocycles. The third kappa shape index (κ3) is 3.66. The normalized spacial score (nSPS) is 17.5. The molecule has 0 radical (unpaired) electrons. The Labute approximate surface area is 186 Å². The van der Waals surface area contributed by atoms with Gasteiger partial charge in [-0.15, -0.1) is 5.10 Å². The van der Waals surface area contributed by atoms with E-state index in [2.05, 4.69) is 15.4 Å². The molecule has 2 aliphatic rings. The first-order valence-electron chi connectivity index (χ1n) is 10.1. The number of Topliss-reactive ketones (excluding diaryl/α,β-unsaturated/α-hetero) is 1. The van der Waals surface area contributed by atoms with Gasteiger partial charge in [-0.25, -0.2) is 9.07 Å². The number of non-ortho nitro benzene ring substituents is 1. The number of nitrogens with one attached hydrogen (secondary N) is 1. The number of anilines is 1. The first-order valence-corrected chi connectivity index (χ1v) is 11.1. The van der Waals surface area contributed by atoms with Crippen molar-refractivity contribution in [3.63, 3.8) is 0 Å². The number of thioether (sulfide) groups is 1. The van der Waals surface area contributed by atoms with Gasteiger partial charge in [0, 0.05) is 41.1 Å². The van der Waals surface area contributed by atoms with Gasteiger partial charge in [-0.1, -0.05) is 42.1 Å². The van der Waals surface area contributed by atoms with Gasteiger partial charge in [0.2, 0.25) is 11.1 Å². The minimum atomic E-state index is -0.670. The third-order valence-electron chi connectivity index (χ3n) is 5.56. The predicted molar refractivity (Wildman–Crippen MR) is 117 cm³/mol. The van der Waals surface area contributed by atoms with Crippen LogP contribution in [0.15, 0.2) is 65.0 Å². The van der Waals surface area contributed by atoms with Gasteiger partial charge in [0.05, 0.1) is 4.92 Å². The van der Waals surface area contributed by atoms with Crippen LogP contribution in [0.5, 0.6) is 0 Å². The molecule has 3 aromatic rings. The second-order valence-corrected chi connectivity index (χ2v) is 8.54. The number of hydrogen-bond acceptors (Lipinski definition) is 7. The Bertz CT molecular complexity index is 1250. The lowest BCUT2D eigenvalue weighted by atomic mass is 9.85. The molecule has 1 aliphatic heterocycles. The molecular formula is C22H18FN5O3S. The summed E-state index contributed by atoms with van der Waals surface area (Å²) in [5.74, 6) is 0.579. The fourth-order valence-electron chi connectivity index (χ4n) is 4.04. The summed E-state index contributed by atoms with van der Waals surface area (Å²) >= 11 is 1.37. The van der Waals surface area contributed by atoms with Crippen molar-refractivity contribution >= 4 is 29.2 Å². The summed E-state index contributed by atoms with van der Waals surface area (Å²) in [4.78, 5) is 27.7. The maximum Gasteiger partial charge on any atom is 0.269 e. The highest BCUT2D eigenvalue weighted by Gasteiger charge is 2.37. The van der Waals surface area contributed by atoms with E-state index in [-0.39, 0.29) is 11.5 Å². The lowest BCUT2D eigenvalue weighted by Gasteiger charge is -2.32. The molecule has 1 atom stereocenters. The largest absolute Gasteiger partial charge is 0.328 e. The minimum Gasteiger partial charge on any atom is -0.328 e. The zero-order valence-electron chi connectivity index (χ0n) is 16.8. The summed E-state index contributed by atoms with van der Waals surface area (Å²) in [6.45, 7) is 0. The first-order chi connectivity index (χ1) is 15.5. The number of carbonyl (C=O) groups excluding carboxylic acids is 1. The van der Waals surface area contributed by atoms with Crippen LogP contribution in [-0.2, 0) is 10.5 Å². The summed E-state index contributed by atoms with van der Waals surface area (Å²) in [5, 5.41) is 19.1. The molecule has 8 nitrogen and oxygen atoms in total. The smallest absolute Gasteiger partial charge is 0.269 e. The van der Waals surface area contributed by atoms with Gasteiger partial charge >= 0.3 is 0 Å². The van der Waals surface area contributed by atoms with Gasteiger partial charge in [0.25, 0.3) is 5.69 Å². The number of fused-ring (bicyclic) bond motifs is 1. The molecule has 0 bridgehead atoms. The number of halogens is 1. The highest BCUT2D eigenvalue weighted by Crippen LogP contribution is 2.41. The van der Waals surface area contributed by atoms with Crippen LogP contribution in [0.3, 0.4) is 0 Å². The number of ketones is 1. The van der Waals surface area contributed by atoms with Crippen LogP contribution in [-0.4, -0.2) is 25.5 Å². The van der Waals surface area contributed by atoms with Gasteiger partial charge in [0.1, 0.15) is 11.9 Å². The molecule has 1 N–H and O–H groups in total. The number of nitro benzene ring substituents is 1. The van der Waals surface area contributed by atoms with E-state index < -0.39 is 16.8 Å². The topological polar surface area (TPSA) is 103 Å². The highest BCUT2D eigenvalue weighted by atomic mass is 32.2. The number of carbonyl (C=O) groups is 1. The van der Waals surface area contributed by atoms with Crippen molar-refractivity contribution in [3.8, 4) is 0 Å². The molecule has 0 amide bonds. The number of nitro groups is 1. The molecule has 0 saturated heterocycles. The zero-order chi connectivity index (χ0) is 22.2. The van der Waals surface area contributed by atoms with Crippen molar-refractivity contribution in [1.82, 2.24) is 14.8 Å². The van der Waals surface area contributed by atoms with Crippen LogP contribution in [0.4, 0.5) is 16.0 Å². The number of aromatic nitrogens is 3. The molecule has 0 spiro atoms. The number of benzene rings is 2. The predicted octanol–water partition coefficient (Wildman–Crippen LogP) is 4.64. The first kappa shape index (κ1) is 20.4. The zero-order valence-corrected chi connectivity index (χ0v) is 17.6. The van der Waals surface area contributed by atoms with E-state index >= 15 is 0 Å². The lowest BCUT2D eigenvalue weighted by Crippen LogP contribution is -2.32. The summed E-state index contributed by atoms with van der Waals surface area (Å²) < 4.78 is 16.3. The molecule has 162 valence electrons. The van der Waals surface area contributed by atoms with Gasteiger partial charge in [0.15, 0.2) is 5.78 Å². The van der Waals surface area contributed by atoms with E-state index in [0.717, 1.165) is 17.7 Å². The molecular weight excluding hydrogens is 433 g/mol. The van der Waals surface area contributed by atoms with Crippen LogP contribution in [0, 0.1) is 15.9 Å². The fourth-order valence-corrected chi connectivity index (χ4v) is 4.83. The summed E-state index contributed by atoms with van der Waals surface area (Å²) in [5.41, 5.74) is 2.63. The van der Waals surface area contributed by atoms with E-state index in [1.54, 1.807) is 35.0 Å². The van der Waals surface area contributed by atoms with Gasteiger partial charge in [-0.05, 0) is 24.5 Å². The molecule has 5 rings (SSSR count). The van der Waals surface area contributed by atoms with Gasteiger partial charge in [-0.3, -0.25) is 14.9 Å². The Morgan fingerprint density at radius 2 is 1.97 bits per heavy atom. The summed E-state index contributed by atoms with van der Waals surface area (Å²) in [6, 6.07) is 12.1. The molecule has 32 heavy (non-hydrogen) atoms. The Morgan fingerprint density at radius 3 is 2.72 bits per heavy atom. The molecule has 10 heteroatoms. The second-order valence-electron chi connectivity index (χ2n) is 7.59. The van der Waals surface area contributed by atoms with E-state index in [1.165, 1.54) is 30.0 Å². The number of rotatable bonds is 5. The van der Waals surface area contributed by atoms with Crippen molar-refractivity contribution in [2.45, 2.75) is 36.2 Å². The Hall–Kier alpha value is -3.53. The summed E-state index contributed by atoms with van der Waals surface area (Å²) in [7, 11) is 0. The highest BCUT2D eigenvalue weighted by molar-refractivity contribution is 7.98. The van der Waals surface area contributed by atoms with Gasteiger partial charge in [-0.2, -0.15) is 4.98 Å². The van der Waals surface area contributed by atoms with Crippen LogP contribution in [0.1, 0.15) is 36.4 Å². The maximum absolute atomic E-state index is 14.8. The Morgan fingerprint density at radius 1 is 1.19 bits per heavy atom. The number of allylic oxidation sites excluding steroid dienone is 2. The van der Waals surface area contributed by atoms with Crippen molar-refractivity contribution < 1.29 is 14.1 Å². The molecule has 0 unspecified atom stereocenters. The van der Waals surface area contributed by atoms with Crippen molar-refractivity contribution in [2.75, 3.05) is 5.32 Å². The summed E-state index contributed by atoms with van der Waals surface area (Å²) in [6.07, 6.45) is 1.87. The minimum absolute atomic E-state index is 0.00626. The quantitative estimate of drug-likeness (QED) is 0.342. The maximum atomic E-state index is 14.8. The molecule has 0 saturated carbocycles. The molecule has 0 fully saturated rings. The van der Waals surface area contributed by atoms with Crippen molar-refractivity contribution in [2.24, 2.45) is 0 Å². The molecule has 2 heterocycles. The van der Waals surface area contributed by atoms with Gasteiger partial charge < -0.3 is 5.32 Å². The standard InChI is InChI=1S/C22H18FN5O3S/c23-16-5-2-1-4-15(16)20-19-17(6-3-7-18(19)29)24-21-25-22(26-27(20)21)32-12-13-8-10-14(11-9-13)28(30)31/h1-2,4-5,8-11,20H,3,6-7,12H2,(H,24,25,26)/t20-/m0/s1.